The number of nitro groups is 1. The number of ether oxygens (including phenoxy) is 1. The lowest BCUT2D eigenvalue weighted by molar-refractivity contribution is -0.388. The molecule has 0 bridgehead atoms. The summed E-state index contributed by atoms with van der Waals surface area (Å²) < 4.78 is 45.3. The second-order valence-corrected chi connectivity index (χ2v) is 9.63. The smallest absolute Gasteiger partial charge is 0.423 e. The lowest BCUT2D eigenvalue weighted by Gasteiger charge is -2.37. The maximum atomic E-state index is 13.2. The van der Waals surface area contributed by atoms with Crippen LogP contribution in [0.3, 0.4) is 0 Å². The molecule has 208 valence electrons. The van der Waals surface area contributed by atoms with Crippen LogP contribution in [0.25, 0.3) is 0 Å². The first-order valence-corrected chi connectivity index (χ1v) is 12.5. The molecule has 0 atom stereocenters. The minimum Gasteiger partial charge on any atom is -0.490 e. The minimum atomic E-state index is -4.86. The molecule has 2 aliphatic rings. The molecule has 0 saturated carbocycles. The average molecular weight is 557 g/mol. The molecule has 2 aromatic carbocycles. The molecule has 2 aromatic rings. The summed E-state index contributed by atoms with van der Waals surface area (Å²) in [5, 5.41) is 11.6. The van der Waals surface area contributed by atoms with Gasteiger partial charge < -0.3 is 14.5 Å². The van der Waals surface area contributed by atoms with Crippen molar-refractivity contribution in [3.05, 3.63) is 63.2 Å². The molecule has 0 unspecified atom stereocenters. The second-order valence-electron chi connectivity index (χ2n) is 9.19. The normalized spacial score (nSPS) is 17.2. The zero-order chi connectivity index (χ0) is 26.6. The lowest BCUT2D eigenvalue weighted by atomic mass is 10.1. The van der Waals surface area contributed by atoms with Gasteiger partial charge in [-0.2, -0.15) is 13.2 Å². The van der Waals surface area contributed by atoms with Gasteiger partial charge in [0.05, 0.1) is 4.92 Å². The van der Waals surface area contributed by atoms with Crippen LogP contribution in [0.4, 0.5) is 24.5 Å². The van der Waals surface area contributed by atoms with Crippen molar-refractivity contribution in [1.82, 2.24) is 9.80 Å². The van der Waals surface area contributed by atoms with Gasteiger partial charge in [-0.15, -0.1) is 0 Å². The molecule has 2 aliphatic heterocycles. The Morgan fingerprint density at radius 3 is 2.34 bits per heavy atom. The molecule has 1 amide bonds. The van der Waals surface area contributed by atoms with E-state index >= 15 is 0 Å². The van der Waals surface area contributed by atoms with Crippen molar-refractivity contribution in [2.75, 3.05) is 50.7 Å². The van der Waals surface area contributed by atoms with Crippen LogP contribution >= 0.6 is 11.6 Å². The van der Waals surface area contributed by atoms with Crippen molar-refractivity contribution in [2.24, 2.45) is 0 Å². The van der Waals surface area contributed by atoms with Crippen molar-refractivity contribution >= 4 is 28.9 Å². The van der Waals surface area contributed by atoms with Crippen LogP contribution in [0, 0.1) is 10.1 Å². The first-order chi connectivity index (χ1) is 17.6. The number of piperidine rings is 1. The van der Waals surface area contributed by atoms with E-state index < -0.39 is 22.4 Å². The number of rotatable bonds is 7. The maximum Gasteiger partial charge on any atom is 0.423 e. The number of nitrogens with zero attached hydrogens (tertiary/aromatic N) is 4. The lowest BCUT2D eigenvalue weighted by Crippen LogP contribution is -2.48. The number of benzene rings is 2. The summed E-state index contributed by atoms with van der Waals surface area (Å²) in [5.41, 5.74) is -1.25. The molecule has 0 N–H and O–H groups in total. The molecule has 8 nitrogen and oxygen atoms in total. The summed E-state index contributed by atoms with van der Waals surface area (Å²) >= 11 is 6.09. The minimum absolute atomic E-state index is 0. The quantitative estimate of drug-likeness (QED) is 0.332. The number of carbonyl (C=O) groups excluding carboxylic acids is 1. The van der Waals surface area contributed by atoms with E-state index in [0.29, 0.717) is 50.0 Å². The molecule has 2 fully saturated rings. The largest absolute Gasteiger partial charge is 0.490 e. The zero-order valence-corrected chi connectivity index (χ0v) is 20.9. The highest BCUT2D eigenvalue weighted by atomic mass is 35.5. The Balaban J connectivity index is 0.00000400. The number of piperazine rings is 1. The van der Waals surface area contributed by atoms with E-state index in [4.69, 9.17) is 16.3 Å². The van der Waals surface area contributed by atoms with Gasteiger partial charge in [-0.25, -0.2) is 0 Å². The highest BCUT2D eigenvalue weighted by molar-refractivity contribution is 6.30. The summed E-state index contributed by atoms with van der Waals surface area (Å²) in [7, 11) is 0. The van der Waals surface area contributed by atoms with E-state index in [9.17, 15) is 28.1 Å². The molecule has 12 heteroatoms. The van der Waals surface area contributed by atoms with E-state index in [2.05, 4.69) is 9.80 Å². The average Bonchev–Trinajstić information content (AvgIpc) is 2.87. The van der Waals surface area contributed by atoms with Crippen LogP contribution in [0.2, 0.25) is 5.02 Å². The number of likely N-dealkylation sites (tertiary alicyclic amines) is 1. The number of hydrogen-bond donors (Lipinski definition) is 0. The van der Waals surface area contributed by atoms with Crippen LogP contribution in [0.15, 0.2) is 42.5 Å². The summed E-state index contributed by atoms with van der Waals surface area (Å²) in [4.78, 5) is 28.9. The highest BCUT2D eigenvalue weighted by Gasteiger charge is 2.39. The van der Waals surface area contributed by atoms with E-state index in [1.807, 2.05) is 24.3 Å². The summed E-state index contributed by atoms with van der Waals surface area (Å²) in [6.45, 7) is 4.99. The molecule has 2 heterocycles. The van der Waals surface area contributed by atoms with Crippen molar-refractivity contribution in [3.63, 3.8) is 0 Å². The Morgan fingerprint density at radius 1 is 1.05 bits per heavy atom. The van der Waals surface area contributed by atoms with Crippen molar-refractivity contribution < 1.29 is 27.6 Å². The Morgan fingerprint density at radius 2 is 1.74 bits per heavy atom. The van der Waals surface area contributed by atoms with Crippen molar-refractivity contribution in [3.8, 4) is 5.75 Å². The van der Waals surface area contributed by atoms with Gasteiger partial charge >= 0.3 is 6.18 Å². The zero-order valence-electron chi connectivity index (χ0n) is 20.1. The van der Waals surface area contributed by atoms with Gasteiger partial charge in [0.1, 0.15) is 17.4 Å². The Kier molecular flexibility index (Phi) is 9.83. The van der Waals surface area contributed by atoms with Gasteiger partial charge in [-0.3, -0.25) is 19.8 Å². The van der Waals surface area contributed by atoms with E-state index in [1.54, 1.807) is 4.90 Å². The predicted molar refractivity (Wildman–Crippen MR) is 140 cm³/mol. The van der Waals surface area contributed by atoms with Crippen LogP contribution < -0.4 is 9.64 Å². The molecular formula is C26H32ClF3N4O4. The number of hydrogen-bond acceptors (Lipinski definition) is 6. The molecule has 4 rings (SSSR count). The van der Waals surface area contributed by atoms with Crippen LogP contribution in [-0.4, -0.2) is 72.5 Å². The molecule has 0 spiro atoms. The first kappa shape index (κ1) is 29.5. The van der Waals surface area contributed by atoms with Crippen LogP contribution in [-0.2, 0) is 11.0 Å². The van der Waals surface area contributed by atoms with E-state index in [0.717, 1.165) is 37.9 Å². The van der Waals surface area contributed by atoms with Crippen molar-refractivity contribution in [2.45, 2.75) is 39.0 Å². The highest BCUT2D eigenvalue weighted by Crippen LogP contribution is 2.38. The first-order valence-electron chi connectivity index (χ1n) is 12.1. The fourth-order valence-corrected chi connectivity index (χ4v) is 4.89. The Labute approximate surface area is 225 Å². The molecule has 0 aromatic heterocycles. The topological polar surface area (TPSA) is 79.2 Å². The molecular weight excluding hydrogens is 525 g/mol. The van der Waals surface area contributed by atoms with Gasteiger partial charge in [0.2, 0.25) is 5.91 Å². The third-order valence-corrected chi connectivity index (χ3v) is 6.99. The Bertz CT molecular complexity index is 1120. The predicted octanol–water partition coefficient (Wildman–Crippen LogP) is 5.49. The maximum absolute atomic E-state index is 13.2. The van der Waals surface area contributed by atoms with Crippen LogP contribution in [0.5, 0.6) is 5.75 Å². The molecule has 0 radical (unpaired) electrons. The third kappa shape index (κ3) is 7.50. The molecule has 2 saturated heterocycles. The summed E-state index contributed by atoms with van der Waals surface area (Å²) in [6, 6.07) is 10.4. The SMILES string of the molecule is C.O=C(CCN1CCN(c2cccc(Cl)c2)CC1)N1CCC(Oc2ccc([N+](=O)[O-])c(C(F)(F)F)c2)CC1. The summed E-state index contributed by atoms with van der Waals surface area (Å²) in [5.74, 6) is -0.0231. The van der Waals surface area contributed by atoms with E-state index in [-0.39, 0.29) is 25.2 Å². The Hall–Kier alpha value is -3.05. The second kappa shape index (κ2) is 12.7. The van der Waals surface area contributed by atoms with Gasteiger partial charge in [-0.1, -0.05) is 25.1 Å². The molecule has 0 aliphatic carbocycles. The third-order valence-electron chi connectivity index (χ3n) is 6.76. The van der Waals surface area contributed by atoms with Gasteiger partial charge in [0.25, 0.3) is 5.69 Å². The number of amides is 1. The van der Waals surface area contributed by atoms with Crippen molar-refractivity contribution in [1.29, 1.82) is 0 Å². The van der Waals surface area contributed by atoms with E-state index in [1.165, 1.54) is 6.07 Å². The number of halogens is 4. The number of alkyl halides is 3. The summed E-state index contributed by atoms with van der Waals surface area (Å²) in [6.07, 6.45) is -3.88. The van der Waals surface area contributed by atoms with Crippen LogP contribution in [0.1, 0.15) is 32.3 Å². The number of anilines is 1. The number of carbonyl (C=O) groups is 1. The van der Waals surface area contributed by atoms with Gasteiger partial charge in [0.15, 0.2) is 0 Å². The number of nitro benzene ring substituents is 1. The van der Waals surface area contributed by atoms with Gasteiger partial charge in [-0.05, 0) is 30.3 Å². The fourth-order valence-electron chi connectivity index (χ4n) is 4.70. The molecule has 38 heavy (non-hydrogen) atoms. The standard InChI is InChI=1S/C25H28ClF3N4O4.CH4/c26-18-2-1-3-19(16-18)31-14-12-30(13-15-31)9-8-24(34)32-10-6-20(7-11-32)37-21-4-5-23(33(35)36)22(17-21)25(27,28)29;/h1-5,16-17,20H,6-15H2;1H4. The van der Waals surface area contributed by atoms with Gasteiger partial charge in [0, 0.05) is 81.9 Å². The monoisotopic (exact) mass is 556 g/mol. The fraction of sp³-hybridized carbons (Fsp3) is 0.500.